The molecule has 3 aromatic carbocycles. The maximum Gasteiger partial charge on any atom is 0.283 e. The van der Waals surface area contributed by atoms with Gasteiger partial charge in [-0.3, -0.25) is 4.55 Å². The Morgan fingerprint density at radius 2 is 1.38 bits per heavy atom. The molecule has 0 aliphatic carbocycles. The maximum absolute atomic E-state index is 13.0. The lowest BCUT2D eigenvalue weighted by Crippen LogP contribution is -2.39. The molecule has 0 saturated heterocycles. The fourth-order valence-electron chi connectivity index (χ4n) is 3.23. The van der Waals surface area contributed by atoms with Gasteiger partial charge in [-0.05, 0) is 23.8 Å². The largest absolute Gasteiger partial charge is 0.508 e. The van der Waals surface area contributed by atoms with Gasteiger partial charge in [-0.2, -0.15) is 8.42 Å². The van der Waals surface area contributed by atoms with E-state index in [0.717, 1.165) is 6.07 Å². The Morgan fingerprint density at radius 3 is 1.93 bits per heavy atom. The van der Waals surface area contributed by atoms with Gasteiger partial charge in [-0.25, -0.2) is 0 Å². The SMILES string of the molecule is O=S(=O)(O)C(c1ccccc1)(c1cc(O)c(Cl)c(Cl)c1Cl)c1c(O)cccc1Cl. The molecule has 0 radical (unpaired) electrons. The molecule has 0 aliphatic rings. The van der Waals surface area contributed by atoms with E-state index >= 15 is 0 Å². The van der Waals surface area contributed by atoms with Crippen molar-refractivity contribution in [1.82, 2.24) is 0 Å². The molecule has 152 valence electrons. The van der Waals surface area contributed by atoms with Crippen LogP contribution >= 0.6 is 46.4 Å². The second-order valence-corrected chi connectivity index (χ2v) is 9.15. The van der Waals surface area contributed by atoms with Crippen LogP contribution in [0, 0.1) is 0 Å². The molecule has 0 amide bonds. The van der Waals surface area contributed by atoms with Gasteiger partial charge < -0.3 is 10.2 Å². The van der Waals surface area contributed by atoms with Gasteiger partial charge >= 0.3 is 0 Å². The first kappa shape index (κ1) is 22.0. The normalized spacial score (nSPS) is 13.8. The van der Waals surface area contributed by atoms with Gasteiger partial charge in [0.05, 0.1) is 10.0 Å². The molecular weight excluding hydrogens is 482 g/mol. The first-order chi connectivity index (χ1) is 13.5. The summed E-state index contributed by atoms with van der Waals surface area (Å²) >= 11 is 24.6. The van der Waals surface area contributed by atoms with E-state index in [1.165, 1.54) is 42.5 Å². The van der Waals surface area contributed by atoms with E-state index in [0.29, 0.717) is 0 Å². The van der Waals surface area contributed by atoms with Crippen LogP contribution in [-0.2, 0) is 14.9 Å². The Labute approximate surface area is 186 Å². The number of benzene rings is 3. The molecule has 0 aromatic heterocycles. The van der Waals surface area contributed by atoms with Crippen LogP contribution in [0.15, 0.2) is 54.6 Å². The van der Waals surface area contributed by atoms with Gasteiger partial charge in [-0.15, -0.1) is 0 Å². The van der Waals surface area contributed by atoms with Gasteiger partial charge in [0.15, 0.2) is 4.75 Å². The van der Waals surface area contributed by atoms with Crippen LogP contribution in [0.4, 0.5) is 0 Å². The number of rotatable bonds is 4. The Morgan fingerprint density at radius 1 is 0.759 bits per heavy atom. The van der Waals surface area contributed by atoms with Crippen molar-refractivity contribution >= 4 is 56.5 Å². The predicted octanol–water partition coefficient (Wildman–Crippen LogP) is 5.89. The summed E-state index contributed by atoms with van der Waals surface area (Å²) < 4.78 is 33.9. The second-order valence-electron chi connectivity index (χ2n) is 6.04. The molecule has 0 heterocycles. The summed E-state index contributed by atoms with van der Waals surface area (Å²) in [6.07, 6.45) is 0. The molecule has 0 aliphatic heterocycles. The monoisotopic (exact) mass is 492 g/mol. The topological polar surface area (TPSA) is 94.8 Å². The molecule has 0 saturated carbocycles. The number of hydrogen-bond donors (Lipinski definition) is 3. The number of halogens is 4. The van der Waals surface area contributed by atoms with E-state index in [-0.39, 0.29) is 36.8 Å². The Bertz CT molecular complexity index is 1180. The van der Waals surface area contributed by atoms with E-state index in [1.807, 2.05) is 0 Å². The number of aromatic hydroxyl groups is 2. The molecule has 29 heavy (non-hydrogen) atoms. The molecule has 1 unspecified atom stereocenters. The molecule has 3 rings (SSSR count). The zero-order valence-corrected chi connectivity index (χ0v) is 18.1. The van der Waals surface area contributed by atoms with Gasteiger partial charge in [0, 0.05) is 16.1 Å². The van der Waals surface area contributed by atoms with Gasteiger partial charge in [0.1, 0.15) is 16.5 Å². The standard InChI is InChI=1S/C19H12Cl4O5S/c20-12-7-4-8-13(24)15(12)19(29(26,27)28,10-5-2-1-3-6-10)11-9-14(25)17(22)18(23)16(11)21/h1-9,24-25H,(H,26,27,28). The molecule has 5 nitrogen and oxygen atoms in total. The van der Waals surface area contributed by atoms with Crippen LogP contribution in [-0.4, -0.2) is 23.2 Å². The third-order valence-corrected chi connectivity index (χ3v) is 7.51. The van der Waals surface area contributed by atoms with E-state index in [9.17, 15) is 23.2 Å². The van der Waals surface area contributed by atoms with E-state index in [2.05, 4.69) is 0 Å². The minimum Gasteiger partial charge on any atom is -0.508 e. The second kappa shape index (κ2) is 7.87. The van der Waals surface area contributed by atoms with E-state index in [1.54, 1.807) is 6.07 Å². The van der Waals surface area contributed by atoms with Crippen LogP contribution < -0.4 is 0 Å². The first-order valence-corrected chi connectivity index (χ1v) is 10.9. The lowest BCUT2D eigenvalue weighted by atomic mass is 9.83. The molecule has 1 atom stereocenters. The number of hydrogen-bond acceptors (Lipinski definition) is 4. The van der Waals surface area contributed by atoms with Crippen molar-refractivity contribution in [2.24, 2.45) is 0 Å². The Balaban J connectivity index is 2.67. The Kier molecular flexibility index (Phi) is 5.98. The molecule has 0 fully saturated rings. The van der Waals surface area contributed by atoms with Gasteiger partial charge in [-0.1, -0.05) is 82.8 Å². The summed E-state index contributed by atoms with van der Waals surface area (Å²) in [5, 5.41) is 19.6. The summed E-state index contributed by atoms with van der Waals surface area (Å²) in [6, 6.07) is 12.4. The highest BCUT2D eigenvalue weighted by Gasteiger charge is 2.53. The quantitative estimate of drug-likeness (QED) is 0.239. The molecule has 0 bridgehead atoms. The maximum atomic E-state index is 13.0. The van der Waals surface area contributed by atoms with Gasteiger partial charge in [0.2, 0.25) is 0 Å². The summed E-state index contributed by atoms with van der Waals surface area (Å²) in [7, 11) is -5.14. The van der Waals surface area contributed by atoms with Crippen LogP contribution in [0.25, 0.3) is 0 Å². The van der Waals surface area contributed by atoms with Crippen molar-refractivity contribution in [1.29, 1.82) is 0 Å². The minimum absolute atomic E-state index is 0.00871. The Hall–Kier alpha value is -1.67. The molecular formula is C19H12Cl4O5S. The highest BCUT2D eigenvalue weighted by molar-refractivity contribution is 7.87. The summed E-state index contributed by atoms with van der Waals surface area (Å²) in [5.41, 5.74) is -0.719. The first-order valence-electron chi connectivity index (χ1n) is 7.91. The molecule has 10 heteroatoms. The van der Waals surface area contributed by atoms with Crippen LogP contribution in [0.5, 0.6) is 11.5 Å². The number of phenols is 2. The third-order valence-electron chi connectivity index (χ3n) is 4.42. The fourth-order valence-corrected chi connectivity index (χ4v) is 5.69. The van der Waals surface area contributed by atoms with E-state index in [4.69, 9.17) is 46.4 Å². The average molecular weight is 494 g/mol. The highest BCUT2D eigenvalue weighted by Crippen LogP contribution is 2.54. The van der Waals surface area contributed by atoms with Crippen molar-refractivity contribution < 1.29 is 23.2 Å². The summed E-state index contributed by atoms with van der Waals surface area (Å²) in [4.78, 5) is 0. The average Bonchev–Trinajstić information content (AvgIpc) is 2.66. The minimum atomic E-state index is -5.14. The van der Waals surface area contributed by atoms with Crippen molar-refractivity contribution in [3.8, 4) is 11.5 Å². The predicted molar refractivity (Wildman–Crippen MR) is 114 cm³/mol. The fraction of sp³-hybridized carbons (Fsp3) is 0.0526. The van der Waals surface area contributed by atoms with Gasteiger partial charge in [0.25, 0.3) is 10.1 Å². The highest BCUT2D eigenvalue weighted by atomic mass is 35.5. The third kappa shape index (κ3) is 3.44. The van der Waals surface area contributed by atoms with Crippen LogP contribution in [0.3, 0.4) is 0 Å². The summed E-state index contributed by atoms with van der Waals surface area (Å²) in [5.74, 6) is -1.10. The molecule has 3 aromatic rings. The molecule has 0 spiro atoms. The lowest BCUT2D eigenvalue weighted by molar-refractivity contribution is 0.439. The van der Waals surface area contributed by atoms with E-state index < -0.39 is 26.4 Å². The van der Waals surface area contributed by atoms with Crippen LogP contribution in [0.1, 0.15) is 16.7 Å². The summed E-state index contributed by atoms with van der Waals surface area (Å²) in [6.45, 7) is 0. The smallest absolute Gasteiger partial charge is 0.283 e. The zero-order valence-electron chi connectivity index (χ0n) is 14.3. The zero-order chi connectivity index (χ0) is 21.6. The van der Waals surface area contributed by atoms with Crippen molar-refractivity contribution in [2.75, 3.05) is 0 Å². The molecule has 3 N–H and O–H groups in total. The van der Waals surface area contributed by atoms with Crippen molar-refractivity contribution in [3.63, 3.8) is 0 Å². The van der Waals surface area contributed by atoms with Crippen molar-refractivity contribution in [3.05, 3.63) is 91.4 Å². The van der Waals surface area contributed by atoms with Crippen LogP contribution in [0.2, 0.25) is 20.1 Å². The van der Waals surface area contributed by atoms with Crippen molar-refractivity contribution in [2.45, 2.75) is 4.75 Å². The number of phenolic OH excluding ortho intramolecular Hbond substituents is 2. The lowest BCUT2D eigenvalue weighted by Gasteiger charge is -2.34.